The van der Waals surface area contributed by atoms with Gasteiger partial charge in [0, 0.05) is 12.8 Å². The molecule has 85 heavy (non-hydrogen) atoms. The third-order valence-corrected chi connectivity index (χ3v) is 17.7. The summed E-state index contributed by atoms with van der Waals surface area (Å²) in [6, 6.07) is -0.888. The van der Waals surface area contributed by atoms with Crippen molar-refractivity contribution in [1.29, 1.82) is 0 Å². The molecule has 3 unspecified atom stereocenters. The van der Waals surface area contributed by atoms with Crippen LogP contribution in [0.15, 0.2) is 48.6 Å². The van der Waals surface area contributed by atoms with Crippen molar-refractivity contribution in [2.45, 2.75) is 380 Å². The molecule has 0 aromatic rings. The summed E-state index contributed by atoms with van der Waals surface area (Å²) in [5.41, 5.74) is 0. The standard InChI is InChI=1S/C75H143N2O7P/c1-7-10-13-16-19-22-25-28-30-32-34-35-36-37-38-39-40-41-43-45-47-50-53-56-59-62-65-68-75(79)84-73(66-63-60-57-54-51-48-27-24-21-18-15-12-9-3)72(71-83-85(80,81)82-70-69-77(4,5)6)76-74(78)67-64-61-58-55-52-49-46-44-42-33-31-29-26-23-20-17-14-11-8-2/h19,22,28-31,63,66,72-73H,7-18,20-21,23-27,32-62,64-65,67-71H2,1-6H3,(H-,76,78,80,81)/b22-19-,30-28-,31-29+,66-63-. The minimum atomic E-state index is -4.70. The van der Waals surface area contributed by atoms with E-state index in [2.05, 4.69) is 62.5 Å². The van der Waals surface area contributed by atoms with Gasteiger partial charge in [0.1, 0.15) is 19.3 Å². The minimum absolute atomic E-state index is 0.0207. The number of nitrogens with zero attached hydrogens (tertiary/aromatic N) is 1. The van der Waals surface area contributed by atoms with Crippen molar-refractivity contribution in [1.82, 2.24) is 5.32 Å². The maximum absolute atomic E-state index is 13.6. The number of hydrogen-bond acceptors (Lipinski definition) is 7. The van der Waals surface area contributed by atoms with Crippen LogP contribution in [0.1, 0.15) is 367 Å². The average Bonchev–Trinajstić information content (AvgIpc) is 3.50. The van der Waals surface area contributed by atoms with Gasteiger partial charge in [0.25, 0.3) is 7.82 Å². The van der Waals surface area contributed by atoms with Gasteiger partial charge < -0.3 is 28.5 Å². The summed E-state index contributed by atoms with van der Waals surface area (Å²) >= 11 is 0. The van der Waals surface area contributed by atoms with Gasteiger partial charge in [0.05, 0.1) is 33.8 Å². The van der Waals surface area contributed by atoms with Crippen LogP contribution in [0.5, 0.6) is 0 Å². The van der Waals surface area contributed by atoms with Crippen molar-refractivity contribution in [3.63, 3.8) is 0 Å². The van der Waals surface area contributed by atoms with Gasteiger partial charge in [-0.3, -0.25) is 14.2 Å². The Bertz CT molecular complexity index is 1590. The van der Waals surface area contributed by atoms with Crippen molar-refractivity contribution in [2.24, 2.45) is 0 Å². The monoisotopic (exact) mass is 1220 g/mol. The number of esters is 1. The molecule has 9 nitrogen and oxygen atoms in total. The van der Waals surface area contributed by atoms with Gasteiger partial charge in [-0.2, -0.15) is 0 Å². The lowest BCUT2D eigenvalue weighted by Crippen LogP contribution is -2.47. The van der Waals surface area contributed by atoms with Gasteiger partial charge in [0.2, 0.25) is 5.91 Å². The van der Waals surface area contributed by atoms with Crippen LogP contribution in [0, 0.1) is 0 Å². The number of phosphoric ester groups is 1. The van der Waals surface area contributed by atoms with Crippen molar-refractivity contribution in [2.75, 3.05) is 40.9 Å². The highest BCUT2D eigenvalue weighted by molar-refractivity contribution is 7.45. The predicted molar refractivity (Wildman–Crippen MR) is 367 cm³/mol. The van der Waals surface area contributed by atoms with Gasteiger partial charge in [0.15, 0.2) is 0 Å². The Morgan fingerprint density at radius 1 is 0.412 bits per heavy atom. The smallest absolute Gasteiger partial charge is 0.306 e. The molecule has 0 heterocycles. The molecule has 0 aliphatic heterocycles. The number of rotatable bonds is 68. The quantitative estimate of drug-likeness (QED) is 0.0212. The number of carbonyl (C=O) groups excluding carboxylic acids is 2. The highest BCUT2D eigenvalue weighted by Crippen LogP contribution is 2.38. The molecule has 0 aliphatic rings. The first-order valence-electron chi connectivity index (χ1n) is 36.9. The summed E-state index contributed by atoms with van der Waals surface area (Å²) in [7, 11) is 1.20. The number of quaternary nitrogens is 1. The van der Waals surface area contributed by atoms with Gasteiger partial charge >= 0.3 is 5.97 Å². The number of amides is 1. The van der Waals surface area contributed by atoms with Crippen molar-refractivity contribution >= 4 is 19.7 Å². The van der Waals surface area contributed by atoms with Crippen LogP contribution in [0.4, 0.5) is 0 Å². The molecule has 1 amide bonds. The SMILES string of the molecule is CCCCC/C=C\C/C=C\CCCCCCCCCCCCCCCCCCCC(=O)OC(/C=C\CCCCCCCCCCCCC)C(COP(=O)([O-])OCC[N+](C)(C)C)NC(=O)CCCCCCCCCCC/C=C/CCCCCCCC. The molecular weight excluding hydrogens is 1070 g/mol. The van der Waals surface area contributed by atoms with E-state index in [1.165, 1.54) is 270 Å². The zero-order valence-electron chi connectivity index (χ0n) is 57.3. The van der Waals surface area contributed by atoms with Crippen molar-refractivity contribution < 1.29 is 37.3 Å². The Labute approximate surface area is 529 Å². The molecule has 0 aliphatic carbocycles. The number of ether oxygens (including phenoxy) is 1. The number of unbranched alkanes of at least 4 members (excludes halogenated alkanes) is 46. The Kier molecular flexibility index (Phi) is 63.4. The minimum Gasteiger partial charge on any atom is -0.756 e. The molecule has 0 radical (unpaired) electrons. The first kappa shape index (κ1) is 83.0. The third kappa shape index (κ3) is 66.2. The van der Waals surface area contributed by atoms with E-state index in [4.69, 9.17) is 13.8 Å². The lowest BCUT2D eigenvalue weighted by atomic mass is 10.0. The Morgan fingerprint density at radius 2 is 0.718 bits per heavy atom. The summed E-state index contributed by atoms with van der Waals surface area (Å²) in [4.78, 5) is 40.2. The molecule has 0 rings (SSSR count). The maximum atomic E-state index is 13.6. The second-order valence-corrected chi connectivity index (χ2v) is 27.9. The molecule has 1 N–H and O–H groups in total. The molecule has 0 spiro atoms. The molecular formula is C75H143N2O7P. The second-order valence-electron chi connectivity index (χ2n) is 26.4. The predicted octanol–water partition coefficient (Wildman–Crippen LogP) is 22.9. The van der Waals surface area contributed by atoms with Gasteiger partial charge in [-0.05, 0) is 89.5 Å². The first-order chi connectivity index (χ1) is 41.4. The zero-order chi connectivity index (χ0) is 62.1. The molecule has 0 saturated carbocycles. The van der Waals surface area contributed by atoms with Crippen LogP contribution in [-0.2, 0) is 27.9 Å². The van der Waals surface area contributed by atoms with Crippen molar-refractivity contribution in [3.05, 3.63) is 48.6 Å². The van der Waals surface area contributed by atoms with E-state index in [0.29, 0.717) is 17.4 Å². The molecule has 0 aromatic heterocycles. The van der Waals surface area contributed by atoms with E-state index in [1.807, 2.05) is 33.3 Å². The van der Waals surface area contributed by atoms with Crippen LogP contribution in [0.25, 0.3) is 0 Å². The molecule has 3 atom stereocenters. The summed E-state index contributed by atoms with van der Waals surface area (Å²) < 4.78 is 30.5. The first-order valence-corrected chi connectivity index (χ1v) is 38.4. The lowest BCUT2D eigenvalue weighted by molar-refractivity contribution is -0.870. The number of hydrogen-bond donors (Lipinski definition) is 1. The number of nitrogens with one attached hydrogen (secondary N) is 1. The van der Waals surface area contributed by atoms with E-state index >= 15 is 0 Å². The van der Waals surface area contributed by atoms with Crippen LogP contribution >= 0.6 is 7.82 Å². The number of carbonyl (C=O) groups is 2. The lowest BCUT2D eigenvalue weighted by Gasteiger charge is -2.30. The summed E-state index contributed by atoms with van der Waals surface area (Å²) in [6.45, 7) is 6.87. The van der Waals surface area contributed by atoms with E-state index in [1.54, 1.807) is 0 Å². The van der Waals surface area contributed by atoms with E-state index in [9.17, 15) is 19.0 Å². The van der Waals surface area contributed by atoms with Gasteiger partial charge in [-0.25, -0.2) is 0 Å². The van der Waals surface area contributed by atoms with Crippen LogP contribution in [-0.4, -0.2) is 69.4 Å². The maximum Gasteiger partial charge on any atom is 0.306 e. The Hall–Kier alpha value is -2.03. The molecule has 10 heteroatoms. The molecule has 0 saturated heterocycles. The molecule has 500 valence electrons. The highest BCUT2D eigenvalue weighted by atomic mass is 31.2. The van der Waals surface area contributed by atoms with Crippen LogP contribution < -0.4 is 10.2 Å². The van der Waals surface area contributed by atoms with Gasteiger partial charge in [-0.15, -0.1) is 0 Å². The second kappa shape index (κ2) is 64.9. The number of allylic oxidation sites excluding steroid dienone is 7. The fourth-order valence-electron chi connectivity index (χ4n) is 11.0. The summed E-state index contributed by atoms with van der Waals surface area (Å²) in [5.74, 6) is -0.525. The number of phosphoric acid groups is 1. The molecule has 0 bridgehead atoms. The van der Waals surface area contributed by atoms with E-state index < -0.39 is 20.0 Å². The zero-order valence-corrected chi connectivity index (χ0v) is 58.2. The normalized spacial score (nSPS) is 13.7. The Morgan fingerprint density at radius 3 is 1.09 bits per heavy atom. The van der Waals surface area contributed by atoms with E-state index in [-0.39, 0.29) is 31.5 Å². The average molecular weight is 1220 g/mol. The largest absolute Gasteiger partial charge is 0.756 e. The summed E-state index contributed by atoms with van der Waals surface area (Å²) in [6.07, 6.45) is 82.4. The third-order valence-electron chi connectivity index (χ3n) is 16.7. The van der Waals surface area contributed by atoms with Crippen LogP contribution in [0.2, 0.25) is 0 Å². The van der Waals surface area contributed by atoms with Crippen LogP contribution in [0.3, 0.4) is 0 Å². The highest BCUT2D eigenvalue weighted by Gasteiger charge is 2.27. The van der Waals surface area contributed by atoms with Gasteiger partial charge in [-0.1, -0.05) is 314 Å². The fraction of sp³-hybridized carbons (Fsp3) is 0.867. The fourth-order valence-corrected chi connectivity index (χ4v) is 11.7. The topological polar surface area (TPSA) is 114 Å². The molecule has 0 aromatic carbocycles. The van der Waals surface area contributed by atoms with E-state index in [0.717, 1.165) is 64.2 Å². The molecule has 0 fully saturated rings. The Balaban J connectivity index is 5.01. The van der Waals surface area contributed by atoms with Crippen molar-refractivity contribution in [3.8, 4) is 0 Å². The number of likely N-dealkylation sites (N-methyl/N-ethyl adjacent to an activating group) is 1. The summed E-state index contributed by atoms with van der Waals surface area (Å²) in [5, 5.41) is 3.05.